The number of carbonyl (C=O) groups is 1. The number of ether oxygens (including phenoxy) is 1. The highest BCUT2D eigenvalue weighted by Gasteiger charge is 2.44. The molecule has 1 fully saturated rings. The van der Waals surface area contributed by atoms with Gasteiger partial charge in [-0.2, -0.15) is 13.2 Å². The van der Waals surface area contributed by atoms with Gasteiger partial charge in [-0.25, -0.2) is 9.18 Å². The maximum Gasteiger partial charge on any atom is 0.416 e. The molecule has 33 heavy (non-hydrogen) atoms. The summed E-state index contributed by atoms with van der Waals surface area (Å²) in [6.45, 7) is 15.8. The standard InChI is InChI=1S/C23H34ClF4NO3Si/c1-21(2,3)31-20(30)29-10-9-15(32-33(7,8)22(4,5)6)13-18(29)19-16(24)11-14(12-17(19)25)23(26,27)28/h11-12,15,18H,9-10,13H2,1-8H3/t15-,18+/m0/s1. The number of rotatable bonds is 3. The number of halogens is 5. The number of carbonyl (C=O) groups excluding carboxylic acids is 1. The molecule has 0 unspecified atom stereocenters. The molecule has 188 valence electrons. The van der Waals surface area contributed by atoms with Crippen LogP contribution in [0.1, 0.15) is 71.6 Å². The van der Waals surface area contributed by atoms with Crippen LogP contribution in [0.2, 0.25) is 23.2 Å². The summed E-state index contributed by atoms with van der Waals surface area (Å²) in [5, 5.41) is -0.448. The van der Waals surface area contributed by atoms with E-state index in [-0.39, 0.29) is 34.7 Å². The average molecular weight is 512 g/mol. The fraction of sp³-hybridized carbons (Fsp3) is 0.696. The fourth-order valence-corrected chi connectivity index (χ4v) is 5.25. The molecule has 1 saturated heterocycles. The van der Waals surface area contributed by atoms with Gasteiger partial charge in [0.15, 0.2) is 8.32 Å². The molecular weight excluding hydrogens is 478 g/mol. The Hall–Kier alpha value is -1.32. The Balaban J connectivity index is 2.47. The predicted octanol–water partition coefficient (Wildman–Crippen LogP) is 7.96. The number of likely N-dealkylation sites (tertiary alicyclic amines) is 1. The lowest BCUT2D eigenvalue weighted by Gasteiger charge is -2.45. The van der Waals surface area contributed by atoms with Crippen LogP contribution in [0, 0.1) is 5.82 Å². The van der Waals surface area contributed by atoms with Gasteiger partial charge in [-0.15, -0.1) is 0 Å². The van der Waals surface area contributed by atoms with Gasteiger partial charge < -0.3 is 14.1 Å². The fourth-order valence-electron chi connectivity index (χ4n) is 3.51. The molecule has 1 aromatic carbocycles. The quantitative estimate of drug-likeness (QED) is 0.305. The van der Waals surface area contributed by atoms with E-state index in [4.69, 9.17) is 20.8 Å². The molecule has 0 saturated carbocycles. The summed E-state index contributed by atoms with van der Waals surface area (Å²) in [5.74, 6) is -1.11. The van der Waals surface area contributed by atoms with Crippen molar-refractivity contribution in [3.8, 4) is 0 Å². The third-order valence-electron chi connectivity index (χ3n) is 6.19. The Morgan fingerprint density at radius 2 is 1.70 bits per heavy atom. The Morgan fingerprint density at radius 1 is 1.12 bits per heavy atom. The van der Waals surface area contributed by atoms with E-state index in [1.807, 2.05) is 0 Å². The van der Waals surface area contributed by atoms with Crippen LogP contribution in [0.4, 0.5) is 22.4 Å². The molecule has 1 heterocycles. The second kappa shape index (κ2) is 9.38. The minimum absolute atomic E-state index is 0.0674. The molecule has 0 aromatic heterocycles. The van der Waals surface area contributed by atoms with Crippen LogP contribution in [0.5, 0.6) is 0 Å². The zero-order valence-electron chi connectivity index (χ0n) is 20.5. The Morgan fingerprint density at radius 3 is 2.15 bits per heavy atom. The monoisotopic (exact) mass is 511 g/mol. The predicted molar refractivity (Wildman–Crippen MR) is 123 cm³/mol. The van der Waals surface area contributed by atoms with E-state index in [0.29, 0.717) is 18.6 Å². The molecule has 0 aliphatic carbocycles. The molecule has 10 heteroatoms. The van der Waals surface area contributed by atoms with Gasteiger partial charge in [-0.05, 0) is 63.9 Å². The minimum atomic E-state index is -4.74. The van der Waals surface area contributed by atoms with E-state index in [9.17, 15) is 18.0 Å². The lowest BCUT2D eigenvalue weighted by molar-refractivity contribution is -0.137. The summed E-state index contributed by atoms with van der Waals surface area (Å²) in [4.78, 5) is 14.3. The summed E-state index contributed by atoms with van der Waals surface area (Å²) in [6.07, 6.45) is -5.01. The van der Waals surface area contributed by atoms with Gasteiger partial charge in [0.1, 0.15) is 11.4 Å². The molecular formula is C23H34ClF4NO3Si. The third kappa shape index (κ3) is 6.85. The number of benzene rings is 1. The van der Waals surface area contributed by atoms with E-state index < -0.39 is 43.6 Å². The first kappa shape index (κ1) is 27.9. The Bertz CT molecular complexity index is 855. The zero-order valence-corrected chi connectivity index (χ0v) is 22.2. The first-order valence-electron chi connectivity index (χ1n) is 11.0. The van der Waals surface area contributed by atoms with Gasteiger partial charge in [0.25, 0.3) is 0 Å². The first-order chi connectivity index (χ1) is 14.7. The summed E-state index contributed by atoms with van der Waals surface area (Å²) in [5.41, 5.74) is -2.12. The zero-order chi connectivity index (χ0) is 25.6. The number of alkyl halides is 3. The summed E-state index contributed by atoms with van der Waals surface area (Å²) < 4.78 is 66.5. The molecule has 0 N–H and O–H groups in total. The van der Waals surface area contributed by atoms with E-state index >= 15 is 4.39 Å². The van der Waals surface area contributed by atoms with Crippen molar-refractivity contribution in [1.29, 1.82) is 0 Å². The van der Waals surface area contributed by atoms with Crippen molar-refractivity contribution in [3.63, 3.8) is 0 Å². The van der Waals surface area contributed by atoms with Crippen molar-refractivity contribution in [2.24, 2.45) is 0 Å². The lowest BCUT2D eigenvalue weighted by atomic mass is 9.92. The van der Waals surface area contributed by atoms with Crippen LogP contribution >= 0.6 is 11.6 Å². The van der Waals surface area contributed by atoms with Crippen LogP contribution in [0.25, 0.3) is 0 Å². The number of hydrogen-bond acceptors (Lipinski definition) is 3. The third-order valence-corrected chi connectivity index (χ3v) is 11.0. The van der Waals surface area contributed by atoms with Crippen molar-refractivity contribution in [2.75, 3.05) is 6.54 Å². The Labute approximate surface area is 199 Å². The van der Waals surface area contributed by atoms with Crippen LogP contribution in [-0.2, 0) is 15.3 Å². The highest BCUT2D eigenvalue weighted by atomic mass is 35.5. The van der Waals surface area contributed by atoms with Crippen molar-refractivity contribution in [3.05, 3.63) is 34.1 Å². The van der Waals surface area contributed by atoms with Gasteiger partial charge in [0.2, 0.25) is 0 Å². The van der Waals surface area contributed by atoms with Crippen molar-refractivity contribution >= 4 is 26.0 Å². The number of nitrogens with zero attached hydrogens (tertiary/aromatic N) is 1. The molecule has 1 amide bonds. The van der Waals surface area contributed by atoms with Gasteiger partial charge in [0.05, 0.1) is 11.6 Å². The van der Waals surface area contributed by atoms with Crippen LogP contribution in [0.3, 0.4) is 0 Å². The van der Waals surface area contributed by atoms with Crippen LogP contribution < -0.4 is 0 Å². The molecule has 0 spiro atoms. The SMILES string of the molecule is CC(C)(C)OC(=O)N1CC[C@H](O[Si](C)(C)C(C)(C)C)C[C@@H]1c1c(F)cc(C(F)(F)F)cc1Cl. The average Bonchev–Trinajstić information content (AvgIpc) is 2.57. The summed E-state index contributed by atoms with van der Waals surface area (Å²) in [6, 6.07) is 0.205. The van der Waals surface area contributed by atoms with E-state index in [0.717, 1.165) is 0 Å². The van der Waals surface area contributed by atoms with Crippen LogP contribution in [-0.4, -0.2) is 37.6 Å². The van der Waals surface area contributed by atoms with Gasteiger partial charge in [-0.3, -0.25) is 0 Å². The Kier molecular flexibility index (Phi) is 7.93. The highest BCUT2D eigenvalue weighted by molar-refractivity contribution is 6.74. The molecule has 0 radical (unpaired) electrons. The van der Waals surface area contributed by atoms with E-state index in [2.05, 4.69) is 33.9 Å². The van der Waals surface area contributed by atoms with E-state index in [1.165, 1.54) is 4.90 Å². The molecule has 4 nitrogen and oxygen atoms in total. The van der Waals surface area contributed by atoms with Crippen LogP contribution in [0.15, 0.2) is 12.1 Å². The van der Waals surface area contributed by atoms with Gasteiger partial charge in [0, 0.05) is 23.2 Å². The second-order valence-corrected chi connectivity index (χ2v) is 16.2. The molecule has 2 atom stereocenters. The van der Waals surface area contributed by atoms with Crippen molar-refractivity contribution in [2.45, 2.75) is 96.4 Å². The summed E-state index contributed by atoms with van der Waals surface area (Å²) >= 11 is 6.18. The van der Waals surface area contributed by atoms with E-state index in [1.54, 1.807) is 20.8 Å². The van der Waals surface area contributed by atoms with Crippen molar-refractivity contribution < 1.29 is 31.5 Å². The number of piperidine rings is 1. The maximum absolute atomic E-state index is 15.1. The molecule has 0 bridgehead atoms. The summed E-state index contributed by atoms with van der Waals surface area (Å²) in [7, 11) is -2.18. The number of amides is 1. The smallest absolute Gasteiger partial charge is 0.416 e. The maximum atomic E-state index is 15.1. The largest absolute Gasteiger partial charge is 0.444 e. The second-order valence-electron chi connectivity index (χ2n) is 11.1. The van der Waals surface area contributed by atoms with Gasteiger partial charge in [-0.1, -0.05) is 32.4 Å². The molecule has 2 rings (SSSR count). The van der Waals surface area contributed by atoms with Gasteiger partial charge >= 0.3 is 12.3 Å². The molecule has 1 aromatic rings. The number of hydrogen-bond donors (Lipinski definition) is 0. The normalized spacial score (nSPS) is 20.7. The molecule has 1 aliphatic heterocycles. The highest BCUT2D eigenvalue weighted by Crippen LogP contribution is 2.44. The molecule has 1 aliphatic rings. The first-order valence-corrected chi connectivity index (χ1v) is 14.2. The topological polar surface area (TPSA) is 38.8 Å². The van der Waals surface area contributed by atoms with Crippen molar-refractivity contribution in [1.82, 2.24) is 4.90 Å². The minimum Gasteiger partial charge on any atom is -0.444 e. The lowest BCUT2D eigenvalue weighted by Crippen LogP contribution is -2.50.